The van der Waals surface area contributed by atoms with Gasteiger partial charge in [-0.25, -0.2) is 9.97 Å². The van der Waals surface area contributed by atoms with Gasteiger partial charge in [0.25, 0.3) is 0 Å². The fourth-order valence-corrected chi connectivity index (χ4v) is 4.04. The summed E-state index contributed by atoms with van der Waals surface area (Å²) in [6, 6.07) is -0.0138. The highest BCUT2D eigenvalue weighted by molar-refractivity contribution is 5.43. The Balaban J connectivity index is 1.73. The Bertz CT molecular complexity index is 562. The third-order valence-electron chi connectivity index (χ3n) is 5.50. The van der Waals surface area contributed by atoms with Crippen LogP contribution in [0.15, 0.2) is 12.4 Å². The van der Waals surface area contributed by atoms with E-state index in [0.717, 1.165) is 45.1 Å². The molecule has 1 saturated carbocycles. The largest absolute Gasteiger partial charge is 0.451 e. The third-order valence-corrected chi connectivity index (χ3v) is 5.50. The van der Waals surface area contributed by atoms with Crippen molar-refractivity contribution in [3.05, 3.63) is 18.2 Å². The van der Waals surface area contributed by atoms with E-state index in [0.29, 0.717) is 12.2 Å². The summed E-state index contributed by atoms with van der Waals surface area (Å²) in [4.78, 5) is 8.95. The molecule has 2 unspecified atom stereocenters. The first kappa shape index (κ1) is 17.4. The van der Waals surface area contributed by atoms with E-state index in [1.807, 2.05) is 4.90 Å². The molecule has 0 amide bonds. The summed E-state index contributed by atoms with van der Waals surface area (Å²) in [5, 5.41) is 0. The van der Waals surface area contributed by atoms with Gasteiger partial charge in [-0.3, -0.25) is 0 Å². The van der Waals surface area contributed by atoms with Gasteiger partial charge in [0, 0.05) is 24.7 Å². The zero-order chi connectivity index (χ0) is 17.4. The van der Waals surface area contributed by atoms with E-state index in [4.69, 9.17) is 11.5 Å². The molecule has 0 spiro atoms. The van der Waals surface area contributed by atoms with Crippen LogP contribution in [0.1, 0.15) is 44.3 Å². The summed E-state index contributed by atoms with van der Waals surface area (Å²) in [5.74, 6) is -0.867. The van der Waals surface area contributed by atoms with Crippen LogP contribution in [0.25, 0.3) is 0 Å². The second-order valence-corrected chi connectivity index (χ2v) is 7.01. The monoisotopic (exact) mass is 343 g/mol. The average molecular weight is 343 g/mol. The first-order valence-corrected chi connectivity index (χ1v) is 8.49. The van der Waals surface area contributed by atoms with Gasteiger partial charge in [0.05, 0.1) is 18.1 Å². The Morgan fingerprint density at radius 2 is 1.83 bits per heavy atom. The quantitative estimate of drug-likeness (QED) is 0.861. The Hall–Kier alpha value is -1.41. The van der Waals surface area contributed by atoms with Crippen LogP contribution in [0.4, 0.5) is 18.9 Å². The van der Waals surface area contributed by atoms with Crippen molar-refractivity contribution in [2.45, 2.75) is 56.3 Å². The summed E-state index contributed by atoms with van der Waals surface area (Å²) in [6.45, 7) is 1.47. The zero-order valence-electron chi connectivity index (χ0n) is 13.6. The molecule has 0 radical (unpaired) electrons. The fourth-order valence-electron chi connectivity index (χ4n) is 4.04. The summed E-state index contributed by atoms with van der Waals surface area (Å²) >= 11 is 0. The van der Waals surface area contributed by atoms with Crippen LogP contribution in [0.2, 0.25) is 0 Å². The van der Waals surface area contributed by atoms with E-state index in [1.54, 1.807) is 0 Å². The van der Waals surface area contributed by atoms with Gasteiger partial charge in [0.2, 0.25) is 5.82 Å². The van der Waals surface area contributed by atoms with Gasteiger partial charge < -0.3 is 16.4 Å². The van der Waals surface area contributed by atoms with Crippen LogP contribution in [0.5, 0.6) is 0 Å². The van der Waals surface area contributed by atoms with Gasteiger partial charge in [-0.1, -0.05) is 12.8 Å². The number of rotatable bonds is 2. The first-order valence-electron chi connectivity index (χ1n) is 8.49. The maximum atomic E-state index is 12.6. The van der Waals surface area contributed by atoms with E-state index >= 15 is 0 Å². The molecular weight excluding hydrogens is 319 g/mol. The molecule has 24 heavy (non-hydrogen) atoms. The maximum Gasteiger partial charge on any atom is 0.451 e. The van der Waals surface area contributed by atoms with Crippen molar-refractivity contribution >= 4 is 5.69 Å². The summed E-state index contributed by atoms with van der Waals surface area (Å²) in [6.07, 6.45) is 3.99. The molecule has 2 fully saturated rings. The minimum atomic E-state index is -4.51. The molecule has 134 valence electrons. The number of aromatic nitrogens is 2. The van der Waals surface area contributed by atoms with Crippen molar-refractivity contribution in [3.8, 4) is 0 Å². The van der Waals surface area contributed by atoms with Crippen LogP contribution < -0.4 is 16.4 Å². The highest BCUT2D eigenvalue weighted by Crippen LogP contribution is 2.37. The van der Waals surface area contributed by atoms with E-state index in [-0.39, 0.29) is 17.5 Å². The Kier molecular flexibility index (Phi) is 4.70. The summed E-state index contributed by atoms with van der Waals surface area (Å²) in [7, 11) is 0. The molecule has 0 bridgehead atoms. The van der Waals surface area contributed by atoms with Crippen molar-refractivity contribution in [3.63, 3.8) is 0 Å². The van der Waals surface area contributed by atoms with Crippen molar-refractivity contribution in [1.29, 1.82) is 0 Å². The molecular formula is C16H24F3N5. The van der Waals surface area contributed by atoms with Crippen LogP contribution in [-0.4, -0.2) is 34.6 Å². The van der Waals surface area contributed by atoms with Crippen LogP contribution >= 0.6 is 0 Å². The molecule has 3 atom stereocenters. The number of hydrogen-bond donors (Lipinski definition) is 2. The molecule has 0 aromatic carbocycles. The second-order valence-electron chi connectivity index (χ2n) is 7.01. The molecule has 1 saturated heterocycles. The van der Waals surface area contributed by atoms with Crippen molar-refractivity contribution in [2.24, 2.45) is 17.4 Å². The standard InChI is InChI=1S/C16H24F3N5/c17-16(18,19)14-22-8-12(9-23-14)24-7-3-4-11(10-24)15(21)6-2-1-5-13(15)20/h8-9,11,13H,1-7,10,20-21H2/t11-,13?,15?/m0/s1. The molecule has 1 aliphatic heterocycles. The van der Waals surface area contributed by atoms with Crippen LogP contribution in [-0.2, 0) is 6.18 Å². The third kappa shape index (κ3) is 3.35. The lowest BCUT2D eigenvalue weighted by Gasteiger charge is -2.49. The lowest BCUT2D eigenvalue weighted by atomic mass is 9.68. The number of nitrogens with two attached hydrogens (primary N) is 2. The van der Waals surface area contributed by atoms with Gasteiger partial charge in [-0.2, -0.15) is 13.2 Å². The number of hydrogen-bond acceptors (Lipinski definition) is 5. The molecule has 2 heterocycles. The topological polar surface area (TPSA) is 81.1 Å². The number of nitrogens with zero attached hydrogens (tertiary/aromatic N) is 3. The Labute approximate surface area is 139 Å². The number of halogens is 3. The molecule has 4 N–H and O–H groups in total. The van der Waals surface area contributed by atoms with Gasteiger partial charge in [-0.05, 0) is 31.6 Å². The zero-order valence-corrected chi connectivity index (χ0v) is 13.6. The van der Waals surface area contributed by atoms with Crippen LogP contribution in [0, 0.1) is 5.92 Å². The minimum Gasteiger partial charge on any atom is -0.369 e. The predicted octanol–water partition coefficient (Wildman–Crippen LogP) is 2.31. The lowest BCUT2D eigenvalue weighted by molar-refractivity contribution is -0.144. The smallest absolute Gasteiger partial charge is 0.369 e. The van der Waals surface area contributed by atoms with E-state index in [9.17, 15) is 13.2 Å². The van der Waals surface area contributed by atoms with E-state index in [2.05, 4.69) is 9.97 Å². The van der Waals surface area contributed by atoms with Crippen molar-refractivity contribution < 1.29 is 13.2 Å². The Morgan fingerprint density at radius 1 is 1.12 bits per heavy atom. The SMILES string of the molecule is NC1CCCCC1(N)[C@H]1CCCN(c2cnc(C(F)(F)F)nc2)C1. The lowest BCUT2D eigenvalue weighted by Crippen LogP contribution is -2.64. The second kappa shape index (κ2) is 6.48. The molecule has 8 heteroatoms. The molecule has 1 aromatic rings. The summed E-state index contributed by atoms with van der Waals surface area (Å²) < 4.78 is 37.8. The minimum absolute atomic E-state index is 0.0138. The highest BCUT2D eigenvalue weighted by atomic mass is 19.4. The number of anilines is 1. The van der Waals surface area contributed by atoms with E-state index in [1.165, 1.54) is 12.4 Å². The number of piperidine rings is 1. The van der Waals surface area contributed by atoms with Crippen molar-refractivity contribution in [2.75, 3.05) is 18.0 Å². The molecule has 2 aliphatic rings. The van der Waals surface area contributed by atoms with Crippen LogP contribution in [0.3, 0.4) is 0 Å². The molecule has 1 aliphatic carbocycles. The maximum absolute atomic E-state index is 12.6. The predicted molar refractivity (Wildman–Crippen MR) is 85.3 cm³/mol. The molecule has 1 aromatic heterocycles. The Morgan fingerprint density at radius 3 is 2.46 bits per heavy atom. The van der Waals surface area contributed by atoms with E-state index < -0.39 is 12.0 Å². The van der Waals surface area contributed by atoms with Crippen molar-refractivity contribution in [1.82, 2.24) is 9.97 Å². The molecule has 5 nitrogen and oxygen atoms in total. The van der Waals surface area contributed by atoms with Gasteiger partial charge in [0.15, 0.2) is 0 Å². The summed E-state index contributed by atoms with van der Waals surface area (Å²) in [5.41, 5.74) is 13.2. The fraction of sp³-hybridized carbons (Fsp3) is 0.750. The first-order chi connectivity index (χ1) is 11.3. The van der Waals surface area contributed by atoms with Gasteiger partial charge in [0.1, 0.15) is 0 Å². The normalized spacial score (nSPS) is 32.0. The van der Waals surface area contributed by atoms with Gasteiger partial charge >= 0.3 is 6.18 Å². The average Bonchev–Trinajstić information content (AvgIpc) is 2.57. The molecule has 3 rings (SSSR count). The highest BCUT2D eigenvalue weighted by Gasteiger charge is 2.43. The number of alkyl halides is 3. The van der Waals surface area contributed by atoms with Gasteiger partial charge in [-0.15, -0.1) is 0 Å².